The van der Waals surface area contributed by atoms with Crippen LogP contribution in [0.2, 0.25) is 0 Å². The molecule has 27 heavy (non-hydrogen) atoms. The van der Waals surface area contributed by atoms with E-state index in [1.165, 1.54) is 11.3 Å². The number of carbonyl (C=O) groups is 1. The average Bonchev–Trinajstić information content (AvgIpc) is 3.09. The third-order valence-electron chi connectivity index (χ3n) is 4.36. The monoisotopic (exact) mass is 379 g/mol. The molecule has 0 saturated heterocycles. The highest BCUT2D eigenvalue weighted by Gasteiger charge is 2.17. The van der Waals surface area contributed by atoms with Gasteiger partial charge in [-0.2, -0.15) is 0 Å². The zero-order chi connectivity index (χ0) is 19.1. The second-order valence-corrected chi connectivity index (χ2v) is 7.45. The summed E-state index contributed by atoms with van der Waals surface area (Å²) in [6, 6.07) is 12.8. The van der Waals surface area contributed by atoms with Crippen molar-refractivity contribution < 1.29 is 13.9 Å². The number of nitrogens with one attached hydrogen (secondary N) is 1. The molecule has 1 amide bonds. The summed E-state index contributed by atoms with van der Waals surface area (Å²) in [5.74, 6) is 0.288. The molecule has 1 N–H and O–H groups in total. The predicted octanol–water partition coefficient (Wildman–Crippen LogP) is 4.89. The van der Waals surface area contributed by atoms with Crippen LogP contribution in [-0.4, -0.2) is 13.0 Å². The quantitative estimate of drug-likeness (QED) is 0.515. The number of anilines is 1. The number of aryl methyl sites for hydroxylation is 2. The van der Waals surface area contributed by atoms with Crippen molar-refractivity contribution in [2.24, 2.45) is 0 Å². The second-order valence-electron chi connectivity index (χ2n) is 6.40. The van der Waals surface area contributed by atoms with Crippen LogP contribution >= 0.6 is 11.3 Å². The summed E-state index contributed by atoms with van der Waals surface area (Å²) in [6.45, 7) is 3.91. The molecule has 0 unspecified atom stereocenters. The van der Waals surface area contributed by atoms with E-state index in [1.807, 2.05) is 38.1 Å². The van der Waals surface area contributed by atoms with Gasteiger partial charge in [0.15, 0.2) is 0 Å². The normalized spacial score (nSPS) is 11.1. The molecule has 4 rings (SSSR count). The Balaban J connectivity index is 1.80. The SMILES string of the molecule is COc1ccc(C)cc1NC(=O)c1cc2c(=O)oc3ccc(C)cc3c2s1. The van der Waals surface area contributed by atoms with E-state index in [1.54, 1.807) is 25.3 Å². The molecule has 0 aliphatic carbocycles. The molecule has 2 aromatic carbocycles. The Labute approximate surface area is 159 Å². The van der Waals surface area contributed by atoms with E-state index < -0.39 is 5.63 Å². The van der Waals surface area contributed by atoms with Crippen molar-refractivity contribution in [2.75, 3.05) is 12.4 Å². The van der Waals surface area contributed by atoms with E-state index in [4.69, 9.17) is 9.15 Å². The number of hydrogen-bond acceptors (Lipinski definition) is 5. The zero-order valence-corrected chi connectivity index (χ0v) is 15.9. The first-order valence-corrected chi connectivity index (χ1v) is 9.21. The lowest BCUT2D eigenvalue weighted by molar-refractivity contribution is 0.103. The van der Waals surface area contributed by atoms with Crippen molar-refractivity contribution in [3.8, 4) is 5.75 Å². The van der Waals surface area contributed by atoms with Gasteiger partial charge in [0, 0.05) is 5.39 Å². The maximum absolute atomic E-state index is 12.8. The van der Waals surface area contributed by atoms with E-state index in [0.717, 1.165) is 21.2 Å². The molecule has 4 aromatic rings. The number of amides is 1. The van der Waals surface area contributed by atoms with Crippen LogP contribution in [0.15, 0.2) is 51.7 Å². The van der Waals surface area contributed by atoms with Gasteiger partial charge in [-0.25, -0.2) is 4.79 Å². The van der Waals surface area contributed by atoms with Crippen molar-refractivity contribution in [1.29, 1.82) is 0 Å². The minimum absolute atomic E-state index is 0.291. The standard InChI is InChI=1S/C21H17NO4S/c1-11-4-6-16-13(8-11)19-14(21(24)26-16)10-18(27-19)20(23)22-15-9-12(2)5-7-17(15)25-3/h4-10H,1-3H3,(H,22,23). The van der Waals surface area contributed by atoms with Crippen LogP contribution in [0.3, 0.4) is 0 Å². The molecule has 2 aromatic heterocycles. The fourth-order valence-corrected chi connectivity index (χ4v) is 4.09. The Morgan fingerprint density at radius 1 is 1.04 bits per heavy atom. The van der Waals surface area contributed by atoms with Crippen LogP contribution in [0.5, 0.6) is 5.75 Å². The first-order chi connectivity index (χ1) is 13.0. The molecule has 2 heterocycles. The Hall–Kier alpha value is -3.12. The number of benzene rings is 2. The van der Waals surface area contributed by atoms with Crippen LogP contribution in [0, 0.1) is 13.8 Å². The zero-order valence-electron chi connectivity index (χ0n) is 15.1. The molecule has 0 bridgehead atoms. The topological polar surface area (TPSA) is 68.5 Å². The molecule has 5 nitrogen and oxygen atoms in total. The van der Waals surface area contributed by atoms with Crippen molar-refractivity contribution in [1.82, 2.24) is 0 Å². The summed E-state index contributed by atoms with van der Waals surface area (Å²) in [4.78, 5) is 25.5. The summed E-state index contributed by atoms with van der Waals surface area (Å²) in [5.41, 5.74) is 2.73. The predicted molar refractivity (Wildman–Crippen MR) is 108 cm³/mol. The molecule has 0 aliphatic heterocycles. The van der Waals surface area contributed by atoms with Crippen molar-refractivity contribution in [3.63, 3.8) is 0 Å². The number of thiophene rings is 1. The molecule has 0 saturated carbocycles. The largest absolute Gasteiger partial charge is 0.495 e. The minimum Gasteiger partial charge on any atom is -0.495 e. The minimum atomic E-state index is -0.440. The van der Waals surface area contributed by atoms with Crippen LogP contribution in [0.4, 0.5) is 5.69 Å². The van der Waals surface area contributed by atoms with E-state index >= 15 is 0 Å². The van der Waals surface area contributed by atoms with Gasteiger partial charge < -0.3 is 14.5 Å². The van der Waals surface area contributed by atoms with Gasteiger partial charge in [0.25, 0.3) is 5.91 Å². The number of methoxy groups -OCH3 is 1. The first kappa shape index (κ1) is 17.3. The summed E-state index contributed by atoms with van der Waals surface area (Å²) < 4.78 is 11.5. The van der Waals surface area contributed by atoms with Gasteiger partial charge >= 0.3 is 5.63 Å². The fraction of sp³-hybridized carbons (Fsp3) is 0.143. The Kier molecular flexibility index (Phi) is 4.20. The second kappa shape index (κ2) is 6.55. The Bertz CT molecular complexity index is 1250. The van der Waals surface area contributed by atoms with Crippen LogP contribution in [-0.2, 0) is 0 Å². The summed E-state index contributed by atoms with van der Waals surface area (Å²) in [7, 11) is 1.56. The van der Waals surface area contributed by atoms with Crippen molar-refractivity contribution in [2.45, 2.75) is 13.8 Å². The maximum Gasteiger partial charge on any atom is 0.345 e. The number of carbonyl (C=O) groups excluding carboxylic acids is 1. The van der Waals surface area contributed by atoms with E-state index in [9.17, 15) is 9.59 Å². The first-order valence-electron chi connectivity index (χ1n) is 8.39. The van der Waals surface area contributed by atoms with Gasteiger partial charge in [0.1, 0.15) is 11.3 Å². The maximum atomic E-state index is 12.8. The number of rotatable bonds is 3. The van der Waals surface area contributed by atoms with Gasteiger partial charge in [-0.1, -0.05) is 17.7 Å². The van der Waals surface area contributed by atoms with E-state index in [0.29, 0.717) is 27.3 Å². The molecule has 0 atom stereocenters. The van der Waals surface area contributed by atoms with Crippen molar-refractivity contribution >= 4 is 44.0 Å². The molecule has 136 valence electrons. The Morgan fingerprint density at radius 3 is 2.56 bits per heavy atom. The average molecular weight is 379 g/mol. The van der Waals surface area contributed by atoms with Gasteiger partial charge in [0.05, 0.1) is 27.8 Å². The number of fused-ring (bicyclic) bond motifs is 3. The lowest BCUT2D eigenvalue weighted by atomic mass is 10.1. The summed E-state index contributed by atoms with van der Waals surface area (Å²) in [6.07, 6.45) is 0. The van der Waals surface area contributed by atoms with Crippen LogP contribution < -0.4 is 15.7 Å². The lowest BCUT2D eigenvalue weighted by Crippen LogP contribution is -2.11. The van der Waals surface area contributed by atoms with Gasteiger partial charge in [0.2, 0.25) is 0 Å². The smallest absolute Gasteiger partial charge is 0.345 e. The Morgan fingerprint density at radius 2 is 1.78 bits per heavy atom. The third kappa shape index (κ3) is 3.08. The highest BCUT2D eigenvalue weighted by molar-refractivity contribution is 7.21. The number of hydrogen-bond donors (Lipinski definition) is 1. The van der Waals surface area contributed by atoms with Crippen LogP contribution in [0.25, 0.3) is 21.1 Å². The lowest BCUT2D eigenvalue weighted by Gasteiger charge is -2.10. The summed E-state index contributed by atoms with van der Waals surface area (Å²) >= 11 is 1.28. The molecule has 0 aliphatic rings. The van der Waals surface area contributed by atoms with Crippen LogP contribution in [0.1, 0.15) is 20.8 Å². The molecular weight excluding hydrogens is 362 g/mol. The van der Waals surface area contributed by atoms with Gasteiger partial charge in [-0.05, 0) is 49.7 Å². The molecule has 0 radical (unpaired) electrons. The number of ether oxygens (including phenoxy) is 1. The summed E-state index contributed by atoms with van der Waals surface area (Å²) in [5, 5.41) is 4.12. The van der Waals surface area contributed by atoms with Gasteiger partial charge in [-0.3, -0.25) is 4.79 Å². The van der Waals surface area contributed by atoms with E-state index in [-0.39, 0.29) is 5.91 Å². The molecule has 0 fully saturated rings. The third-order valence-corrected chi connectivity index (χ3v) is 5.53. The highest BCUT2D eigenvalue weighted by atomic mass is 32.1. The van der Waals surface area contributed by atoms with Gasteiger partial charge in [-0.15, -0.1) is 11.3 Å². The highest BCUT2D eigenvalue weighted by Crippen LogP contribution is 2.32. The molecule has 0 spiro atoms. The molecule has 6 heteroatoms. The molecular formula is C21H17NO4S. The van der Waals surface area contributed by atoms with Crippen molar-refractivity contribution in [3.05, 3.63) is 68.9 Å². The van der Waals surface area contributed by atoms with E-state index in [2.05, 4.69) is 5.32 Å². The fourth-order valence-electron chi connectivity index (χ4n) is 3.02.